The standard InChI is InChI=1S/C41H46N2O4S/c1-4-46-41(45)30(3)24-29(2)25-36-39(34-18-12-7-13-19-34)48-40(43-36)37(42-38(44)27-31-14-8-5-9-15-31)26-32-20-22-35(23-21-32)47-28-33-16-10-6-11-17-33/h6-7,10-13,16-25,31,37H,4-5,8-9,14-15,26-28H2,1-3H3,(H,42,44)/t37-/m0/s1. The van der Waals surface area contributed by atoms with Gasteiger partial charge in [-0.05, 0) is 92.5 Å². The number of aromatic nitrogens is 1. The molecule has 250 valence electrons. The summed E-state index contributed by atoms with van der Waals surface area (Å²) in [5, 5.41) is 4.23. The normalized spacial score (nSPS) is 14.7. The predicted octanol–water partition coefficient (Wildman–Crippen LogP) is 9.67. The second-order valence-corrected chi connectivity index (χ2v) is 13.5. The first-order valence-corrected chi connectivity index (χ1v) is 17.8. The van der Waals surface area contributed by atoms with E-state index in [0.29, 0.717) is 37.5 Å². The van der Waals surface area contributed by atoms with Gasteiger partial charge >= 0.3 is 5.97 Å². The molecule has 48 heavy (non-hydrogen) atoms. The van der Waals surface area contributed by atoms with Crippen LogP contribution in [0.15, 0.2) is 102 Å². The second kappa shape index (κ2) is 17.6. The number of carbonyl (C=O) groups excluding carboxylic acids is 2. The summed E-state index contributed by atoms with van der Waals surface area (Å²) in [6.45, 7) is 6.36. The number of thiazole rings is 1. The molecule has 6 nitrogen and oxygen atoms in total. The van der Waals surface area contributed by atoms with Crippen molar-refractivity contribution in [3.8, 4) is 16.2 Å². The van der Waals surface area contributed by atoms with Crippen molar-refractivity contribution in [2.45, 2.75) is 78.4 Å². The van der Waals surface area contributed by atoms with Gasteiger partial charge in [0.15, 0.2) is 0 Å². The predicted molar refractivity (Wildman–Crippen MR) is 195 cm³/mol. The van der Waals surface area contributed by atoms with Crippen molar-refractivity contribution in [1.82, 2.24) is 10.3 Å². The molecule has 0 unspecified atom stereocenters. The number of hydrogen-bond acceptors (Lipinski definition) is 6. The zero-order chi connectivity index (χ0) is 33.7. The SMILES string of the molecule is CCOC(=O)C(C)=CC(C)=Cc1nc([C@H](Cc2ccc(OCc3ccccc3)cc2)NC(=O)CC2CCCCC2)sc1-c1ccccc1. The Morgan fingerprint density at radius 3 is 2.29 bits per heavy atom. The molecule has 1 heterocycles. The van der Waals surface area contributed by atoms with Crippen LogP contribution < -0.4 is 10.1 Å². The van der Waals surface area contributed by atoms with Gasteiger partial charge in [-0.1, -0.05) is 92.1 Å². The molecule has 0 spiro atoms. The first-order chi connectivity index (χ1) is 23.4. The van der Waals surface area contributed by atoms with Crippen molar-refractivity contribution in [2.75, 3.05) is 6.61 Å². The average molecular weight is 663 g/mol. The fourth-order valence-corrected chi connectivity index (χ4v) is 7.20. The van der Waals surface area contributed by atoms with Crippen molar-refractivity contribution >= 4 is 29.3 Å². The smallest absolute Gasteiger partial charge is 0.333 e. The zero-order valence-corrected chi connectivity index (χ0v) is 29.1. The largest absolute Gasteiger partial charge is 0.489 e. The first kappa shape index (κ1) is 34.8. The highest BCUT2D eigenvalue weighted by atomic mass is 32.1. The lowest BCUT2D eigenvalue weighted by atomic mass is 9.87. The van der Waals surface area contributed by atoms with Crippen LogP contribution in [0.4, 0.5) is 0 Å². The molecule has 1 fully saturated rings. The summed E-state index contributed by atoms with van der Waals surface area (Å²) >= 11 is 1.60. The molecule has 1 saturated carbocycles. The maximum atomic E-state index is 13.5. The number of esters is 1. The Bertz CT molecular complexity index is 1690. The maximum absolute atomic E-state index is 13.5. The molecule has 7 heteroatoms. The molecule has 0 radical (unpaired) electrons. The molecule has 5 rings (SSSR count). The Balaban J connectivity index is 1.43. The number of rotatable bonds is 14. The van der Waals surface area contributed by atoms with E-state index in [4.69, 9.17) is 14.5 Å². The highest BCUT2D eigenvalue weighted by Gasteiger charge is 2.24. The van der Waals surface area contributed by atoms with Gasteiger partial charge in [0, 0.05) is 12.0 Å². The molecule has 1 amide bonds. The van der Waals surface area contributed by atoms with E-state index >= 15 is 0 Å². The topological polar surface area (TPSA) is 77.5 Å². The Morgan fingerprint density at radius 1 is 0.917 bits per heavy atom. The zero-order valence-electron chi connectivity index (χ0n) is 28.2. The van der Waals surface area contributed by atoms with Crippen molar-refractivity contribution in [3.05, 3.63) is 124 Å². The third-order valence-corrected chi connectivity index (χ3v) is 9.79. The summed E-state index contributed by atoms with van der Waals surface area (Å²) in [6, 6.07) is 28.1. The van der Waals surface area contributed by atoms with E-state index < -0.39 is 0 Å². The molecule has 3 aromatic carbocycles. The molecule has 1 aliphatic carbocycles. The number of nitrogens with one attached hydrogen (secondary N) is 1. The van der Waals surface area contributed by atoms with E-state index in [9.17, 15) is 9.59 Å². The lowest BCUT2D eigenvalue weighted by Gasteiger charge is -2.23. The monoisotopic (exact) mass is 662 g/mol. The van der Waals surface area contributed by atoms with Gasteiger partial charge in [0.2, 0.25) is 5.91 Å². The summed E-state index contributed by atoms with van der Waals surface area (Å²) in [4.78, 5) is 32.0. The van der Waals surface area contributed by atoms with Gasteiger partial charge in [0.1, 0.15) is 17.4 Å². The van der Waals surface area contributed by atoms with Crippen LogP contribution in [0, 0.1) is 5.92 Å². The third kappa shape index (κ3) is 10.3. The summed E-state index contributed by atoms with van der Waals surface area (Å²) in [7, 11) is 0. The number of hydrogen-bond donors (Lipinski definition) is 1. The van der Waals surface area contributed by atoms with Crippen LogP contribution in [-0.4, -0.2) is 23.5 Å². The highest BCUT2D eigenvalue weighted by Crippen LogP contribution is 2.36. The average Bonchev–Trinajstić information content (AvgIpc) is 3.52. The number of amides is 1. The van der Waals surface area contributed by atoms with E-state index in [-0.39, 0.29) is 17.9 Å². The van der Waals surface area contributed by atoms with E-state index in [2.05, 4.69) is 41.7 Å². The van der Waals surface area contributed by atoms with E-state index in [1.807, 2.05) is 67.6 Å². The number of allylic oxidation sites excluding steroid dienone is 2. The Morgan fingerprint density at radius 2 is 1.60 bits per heavy atom. The van der Waals surface area contributed by atoms with Gasteiger partial charge in [-0.2, -0.15) is 0 Å². The fraction of sp³-hybridized carbons (Fsp3) is 0.341. The Hall–Kier alpha value is -4.49. The quantitative estimate of drug-likeness (QED) is 0.0827. The van der Waals surface area contributed by atoms with Gasteiger partial charge in [-0.15, -0.1) is 11.3 Å². The Labute approximate surface area is 288 Å². The molecule has 1 aliphatic rings. The van der Waals surface area contributed by atoms with E-state index in [1.54, 1.807) is 25.2 Å². The molecule has 0 saturated heterocycles. The van der Waals surface area contributed by atoms with Crippen LogP contribution in [0.5, 0.6) is 5.75 Å². The fourth-order valence-electron chi connectivity index (χ4n) is 6.10. The molecule has 1 aromatic heterocycles. The van der Waals surface area contributed by atoms with Crippen LogP contribution in [0.3, 0.4) is 0 Å². The maximum Gasteiger partial charge on any atom is 0.333 e. The van der Waals surface area contributed by atoms with Crippen molar-refractivity contribution < 1.29 is 19.1 Å². The molecule has 1 atom stereocenters. The van der Waals surface area contributed by atoms with Gasteiger partial charge in [-0.25, -0.2) is 9.78 Å². The van der Waals surface area contributed by atoms with Gasteiger partial charge in [0.25, 0.3) is 0 Å². The lowest BCUT2D eigenvalue weighted by Crippen LogP contribution is -2.31. The number of ether oxygens (including phenoxy) is 2. The summed E-state index contributed by atoms with van der Waals surface area (Å²) in [5.41, 5.74) is 5.49. The van der Waals surface area contributed by atoms with E-state index in [1.165, 1.54) is 19.3 Å². The number of benzene rings is 3. The van der Waals surface area contributed by atoms with Gasteiger partial charge in [-0.3, -0.25) is 4.79 Å². The third-order valence-electron chi connectivity index (χ3n) is 8.56. The number of carbonyl (C=O) groups is 2. The van der Waals surface area contributed by atoms with E-state index in [0.717, 1.165) is 56.4 Å². The molecule has 1 N–H and O–H groups in total. The van der Waals surface area contributed by atoms with Crippen LogP contribution in [0.25, 0.3) is 16.5 Å². The molecular formula is C41H46N2O4S. The Kier molecular flexibility index (Phi) is 12.8. The number of nitrogens with zero attached hydrogens (tertiary/aromatic N) is 1. The summed E-state index contributed by atoms with van der Waals surface area (Å²) < 4.78 is 11.2. The summed E-state index contributed by atoms with van der Waals surface area (Å²) in [5.74, 6) is 0.986. The van der Waals surface area contributed by atoms with Gasteiger partial charge < -0.3 is 14.8 Å². The minimum Gasteiger partial charge on any atom is -0.489 e. The van der Waals surface area contributed by atoms with Crippen LogP contribution in [0.2, 0.25) is 0 Å². The minimum absolute atomic E-state index is 0.0763. The van der Waals surface area contributed by atoms with Crippen molar-refractivity contribution in [2.24, 2.45) is 5.92 Å². The molecular weight excluding hydrogens is 617 g/mol. The summed E-state index contributed by atoms with van der Waals surface area (Å²) in [6.07, 6.45) is 10.9. The van der Waals surface area contributed by atoms with Crippen molar-refractivity contribution in [3.63, 3.8) is 0 Å². The first-order valence-electron chi connectivity index (χ1n) is 17.0. The van der Waals surface area contributed by atoms with Gasteiger partial charge in [0.05, 0.1) is 23.2 Å². The molecule has 0 aliphatic heterocycles. The molecule has 4 aromatic rings. The van der Waals surface area contributed by atoms with Crippen LogP contribution in [-0.2, 0) is 27.4 Å². The highest BCUT2D eigenvalue weighted by molar-refractivity contribution is 7.15. The van der Waals surface area contributed by atoms with Crippen LogP contribution in [0.1, 0.15) is 87.2 Å². The lowest BCUT2D eigenvalue weighted by molar-refractivity contribution is -0.138. The van der Waals surface area contributed by atoms with Crippen LogP contribution >= 0.6 is 11.3 Å². The van der Waals surface area contributed by atoms with Crippen molar-refractivity contribution in [1.29, 1.82) is 0 Å². The minimum atomic E-state index is -0.329. The second-order valence-electron chi connectivity index (χ2n) is 12.5. The molecule has 0 bridgehead atoms.